The van der Waals surface area contributed by atoms with Crippen molar-refractivity contribution in [3.63, 3.8) is 0 Å². The summed E-state index contributed by atoms with van der Waals surface area (Å²) in [6.07, 6.45) is 3.29. The highest BCUT2D eigenvalue weighted by Gasteiger charge is 2.50. The Hall–Kier alpha value is -3.55. The van der Waals surface area contributed by atoms with E-state index in [0.29, 0.717) is 44.2 Å². The van der Waals surface area contributed by atoms with Crippen molar-refractivity contribution in [2.45, 2.75) is 50.1 Å². The highest BCUT2D eigenvalue weighted by molar-refractivity contribution is 5.98. The third kappa shape index (κ3) is 6.95. The van der Waals surface area contributed by atoms with Crippen LogP contribution in [0.25, 0.3) is 11.1 Å². The molecule has 2 amide bonds. The molecule has 0 aromatic heterocycles. The molecule has 3 aromatic carbocycles. The maximum atomic E-state index is 13.4. The Kier molecular flexibility index (Phi) is 8.92. The molecule has 7 heteroatoms. The van der Waals surface area contributed by atoms with E-state index in [1.54, 1.807) is 4.90 Å². The first-order valence-corrected chi connectivity index (χ1v) is 14.3. The van der Waals surface area contributed by atoms with Crippen LogP contribution >= 0.6 is 0 Å². The molecule has 2 N–H and O–H groups in total. The van der Waals surface area contributed by atoms with E-state index in [-0.39, 0.29) is 23.2 Å². The number of hydrogen-bond acceptors (Lipinski definition) is 4. The van der Waals surface area contributed by atoms with Gasteiger partial charge in [0.05, 0.1) is 13.2 Å². The molecule has 1 heterocycles. The summed E-state index contributed by atoms with van der Waals surface area (Å²) in [6, 6.07) is 23.7. The summed E-state index contributed by atoms with van der Waals surface area (Å²) in [7, 11) is 0. The molecule has 3 aromatic rings. The number of hydrogen-bond donors (Lipinski definition) is 2. The molecule has 40 heavy (non-hydrogen) atoms. The molecule has 1 aliphatic heterocycles. The number of halogens is 1. The average Bonchev–Trinajstić information content (AvgIpc) is 3.68. The number of carbonyl (C=O) groups is 2. The van der Waals surface area contributed by atoms with Gasteiger partial charge in [0.2, 0.25) is 5.91 Å². The Bertz CT molecular complexity index is 1280. The van der Waals surface area contributed by atoms with Crippen LogP contribution in [0, 0.1) is 5.82 Å². The number of nitrogens with one attached hydrogen (secondary N) is 2. The second-order valence-corrected chi connectivity index (χ2v) is 11.1. The first-order chi connectivity index (χ1) is 19.4. The summed E-state index contributed by atoms with van der Waals surface area (Å²) < 4.78 is 18.7. The number of morpholine rings is 1. The standard InChI is InChI=1S/C33H38FN3O3/c1-33(23-29(33)26-14-16-28(34)17-15-26)35-18-6-5-9-30(32(39)37-19-21-40-22-20-37)36-31(38)27-12-10-25(11-13-27)24-7-3-2-4-8-24/h2-4,7-8,10-17,29-30,35H,5-6,9,18-23H2,1H3,(H,36,38)/t29-,30-,33?/m0/s1. The molecule has 1 unspecified atom stereocenters. The lowest BCUT2D eigenvalue weighted by Crippen LogP contribution is -2.51. The summed E-state index contributed by atoms with van der Waals surface area (Å²) in [6.45, 7) is 5.15. The van der Waals surface area contributed by atoms with Crippen LogP contribution in [0.4, 0.5) is 4.39 Å². The molecule has 1 saturated carbocycles. The number of unbranched alkanes of at least 4 members (excludes halogenated alkanes) is 1. The minimum Gasteiger partial charge on any atom is -0.378 e. The largest absolute Gasteiger partial charge is 0.378 e. The summed E-state index contributed by atoms with van der Waals surface area (Å²) in [5.41, 5.74) is 3.84. The van der Waals surface area contributed by atoms with Crippen LogP contribution in [0.15, 0.2) is 78.9 Å². The number of rotatable bonds is 11. The topological polar surface area (TPSA) is 70.7 Å². The molecule has 2 fully saturated rings. The van der Waals surface area contributed by atoms with Gasteiger partial charge in [0.25, 0.3) is 5.91 Å². The van der Waals surface area contributed by atoms with Crippen LogP contribution in [-0.2, 0) is 9.53 Å². The van der Waals surface area contributed by atoms with Crippen LogP contribution < -0.4 is 10.6 Å². The van der Waals surface area contributed by atoms with Crippen LogP contribution in [-0.4, -0.2) is 61.1 Å². The Balaban J connectivity index is 1.15. The normalized spacial score (nSPS) is 21.1. The molecule has 3 atom stereocenters. The molecule has 0 bridgehead atoms. The maximum absolute atomic E-state index is 13.4. The summed E-state index contributed by atoms with van der Waals surface area (Å²) in [4.78, 5) is 28.3. The van der Waals surface area contributed by atoms with Crippen molar-refractivity contribution in [3.05, 3.63) is 95.8 Å². The minimum atomic E-state index is -0.581. The van der Waals surface area contributed by atoms with E-state index in [0.717, 1.165) is 42.5 Å². The second-order valence-electron chi connectivity index (χ2n) is 11.1. The first-order valence-electron chi connectivity index (χ1n) is 14.3. The van der Waals surface area contributed by atoms with Gasteiger partial charge in [-0.25, -0.2) is 4.39 Å². The number of amides is 2. The van der Waals surface area contributed by atoms with Gasteiger partial charge in [0.15, 0.2) is 0 Å². The van der Waals surface area contributed by atoms with E-state index < -0.39 is 6.04 Å². The van der Waals surface area contributed by atoms with Crippen LogP contribution in [0.2, 0.25) is 0 Å². The monoisotopic (exact) mass is 543 g/mol. The zero-order valence-electron chi connectivity index (χ0n) is 23.1. The summed E-state index contributed by atoms with van der Waals surface area (Å²) in [5, 5.41) is 6.68. The van der Waals surface area contributed by atoms with Gasteiger partial charge in [0, 0.05) is 30.1 Å². The molecule has 2 aliphatic rings. The zero-order valence-corrected chi connectivity index (χ0v) is 23.1. The van der Waals surface area contributed by atoms with Crippen molar-refractivity contribution in [2.75, 3.05) is 32.8 Å². The third-order valence-corrected chi connectivity index (χ3v) is 8.14. The van der Waals surface area contributed by atoms with Crippen LogP contribution in [0.5, 0.6) is 0 Å². The molecular formula is C33H38FN3O3. The average molecular weight is 544 g/mol. The number of carbonyl (C=O) groups excluding carboxylic acids is 2. The lowest BCUT2D eigenvalue weighted by atomic mass is 10.0. The Labute approximate surface area is 235 Å². The molecule has 1 saturated heterocycles. The summed E-state index contributed by atoms with van der Waals surface area (Å²) >= 11 is 0. The van der Waals surface area contributed by atoms with Gasteiger partial charge in [0.1, 0.15) is 11.9 Å². The summed E-state index contributed by atoms with van der Waals surface area (Å²) in [5.74, 6) is -0.110. The predicted octanol–water partition coefficient (Wildman–Crippen LogP) is 5.16. The molecule has 0 radical (unpaired) electrons. The number of ether oxygens (including phenoxy) is 1. The van der Waals surface area contributed by atoms with Gasteiger partial charge >= 0.3 is 0 Å². The minimum absolute atomic E-state index is 0.0149. The van der Waals surface area contributed by atoms with Crippen molar-refractivity contribution in [1.82, 2.24) is 15.5 Å². The van der Waals surface area contributed by atoms with Crippen LogP contribution in [0.1, 0.15) is 54.4 Å². The van der Waals surface area contributed by atoms with Gasteiger partial charge in [-0.3, -0.25) is 9.59 Å². The van der Waals surface area contributed by atoms with E-state index in [1.807, 2.05) is 66.7 Å². The highest BCUT2D eigenvalue weighted by Crippen LogP contribution is 2.51. The smallest absolute Gasteiger partial charge is 0.251 e. The zero-order chi connectivity index (χ0) is 28.0. The molecule has 5 rings (SSSR count). The third-order valence-electron chi connectivity index (χ3n) is 8.14. The van der Waals surface area contributed by atoms with Gasteiger partial charge < -0.3 is 20.3 Å². The van der Waals surface area contributed by atoms with Gasteiger partial charge in [-0.05, 0) is 80.1 Å². The molecule has 210 valence electrons. The van der Waals surface area contributed by atoms with E-state index in [2.05, 4.69) is 17.6 Å². The number of nitrogens with zero attached hydrogens (tertiary/aromatic N) is 1. The van der Waals surface area contributed by atoms with Crippen molar-refractivity contribution in [1.29, 1.82) is 0 Å². The fourth-order valence-electron chi connectivity index (χ4n) is 5.54. The fraction of sp³-hybridized carbons (Fsp3) is 0.394. The van der Waals surface area contributed by atoms with Gasteiger partial charge in [-0.1, -0.05) is 54.6 Å². The lowest BCUT2D eigenvalue weighted by molar-refractivity contribution is -0.137. The Morgan fingerprint density at radius 3 is 2.33 bits per heavy atom. The van der Waals surface area contributed by atoms with E-state index in [1.165, 1.54) is 12.1 Å². The van der Waals surface area contributed by atoms with E-state index >= 15 is 0 Å². The van der Waals surface area contributed by atoms with E-state index in [4.69, 9.17) is 4.74 Å². The molecular weight excluding hydrogens is 505 g/mol. The van der Waals surface area contributed by atoms with Crippen molar-refractivity contribution in [3.8, 4) is 11.1 Å². The SMILES string of the molecule is CC1(NCCCC[C@H](NC(=O)c2ccc(-c3ccccc3)cc2)C(=O)N2CCOCC2)C[C@H]1c1ccc(F)cc1. The van der Waals surface area contributed by atoms with E-state index in [9.17, 15) is 14.0 Å². The molecule has 0 spiro atoms. The van der Waals surface area contributed by atoms with Crippen molar-refractivity contribution >= 4 is 11.8 Å². The molecule has 6 nitrogen and oxygen atoms in total. The predicted molar refractivity (Wildman–Crippen MR) is 155 cm³/mol. The maximum Gasteiger partial charge on any atom is 0.251 e. The van der Waals surface area contributed by atoms with Crippen molar-refractivity contribution in [2.24, 2.45) is 0 Å². The van der Waals surface area contributed by atoms with Crippen LogP contribution in [0.3, 0.4) is 0 Å². The van der Waals surface area contributed by atoms with Gasteiger partial charge in [-0.15, -0.1) is 0 Å². The Morgan fingerprint density at radius 1 is 0.950 bits per heavy atom. The lowest BCUT2D eigenvalue weighted by Gasteiger charge is -2.31. The fourth-order valence-corrected chi connectivity index (χ4v) is 5.54. The highest BCUT2D eigenvalue weighted by atomic mass is 19.1. The molecule has 1 aliphatic carbocycles. The number of benzene rings is 3. The Morgan fingerprint density at radius 2 is 1.62 bits per heavy atom. The second kappa shape index (κ2) is 12.7. The quantitative estimate of drug-likeness (QED) is 0.328. The van der Waals surface area contributed by atoms with Gasteiger partial charge in [-0.2, -0.15) is 0 Å². The first kappa shape index (κ1) is 28.0. The van der Waals surface area contributed by atoms with Crippen molar-refractivity contribution < 1.29 is 18.7 Å².